The van der Waals surface area contributed by atoms with E-state index in [1.807, 2.05) is 6.92 Å². The van der Waals surface area contributed by atoms with E-state index in [2.05, 4.69) is 31.4 Å². The zero-order chi connectivity index (χ0) is 5.33. The van der Waals surface area contributed by atoms with Gasteiger partial charge in [-0.05, 0) is 12.1 Å². The fraction of sp³-hybridized carbons (Fsp3) is 0.667. The Bertz CT molecular complexity index is 112. The van der Waals surface area contributed by atoms with Crippen LogP contribution in [0, 0.1) is 0 Å². The highest BCUT2D eigenvalue weighted by atomic mass is 79.9. The number of alkyl halides is 1. The van der Waals surface area contributed by atoms with Crippen LogP contribution in [0.25, 0.3) is 0 Å². The average molecular weight is 162 g/mol. The molecule has 0 radical (unpaired) electrons. The van der Waals surface area contributed by atoms with E-state index in [1.165, 1.54) is 0 Å². The van der Waals surface area contributed by atoms with Crippen LogP contribution in [-0.2, 0) is 0 Å². The van der Waals surface area contributed by atoms with Crippen molar-refractivity contribution < 1.29 is 0 Å². The summed E-state index contributed by atoms with van der Waals surface area (Å²) in [6.07, 6.45) is 1.63. The van der Waals surface area contributed by atoms with Gasteiger partial charge in [-0.3, -0.25) is 0 Å². The molecule has 38 valence electrons. The SMILES string of the molecule is CC1(Br)C=NN=N1. The van der Waals surface area contributed by atoms with Gasteiger partial charge < -0.3 is 0 Å². The van der Waals surface area contributed by atoms with Gasteiger partial charge in [0.1, 0.15) is 0 Å². The Morgan fingerprint density at radius 2 is 2.43 bits per heavy atom. The lowest BCUT2D eigenvalue weighted by Gasteiger charge is -1.98. The third-order valence-corrected chi connectivity index (χ3v) is 0.949. The minimum Gasteiger partial charge on any atom is -0.145 e. The normalized spacial score (nSPS) is 37.4. The van der Waals surface area contributed by atoms with Crippen molar-refractivity contribution in [3.63, 3.8) is 0 Å². The first kappa shape index (κ1) is 4.90. The van der Waals surface area contributed by atoms with E-state index in [1.54, 1.807) is 6.21 Å². The van der Waals surface area contributed by atoms with Gasteiger partial charge in [-0.2, -0.15) is 0 Å². The van der Waals surface area contributed by atoms with Gasteiger partial charge in [0.05, 0.1) is 6.21 Å². The summed E-state index contributed by atoms with van der Waals surface area (Å²) in [6, 6.07) is 0. The van der Waals surface area contributed by atoms with Crippen molar-refractivity contribution in [2.75, 3.05) is 0 Å². The number of rotatable bonds is 0. The summed E-state index contributed by atoms with van der Waals surface area (Å²) in [5.74, 6) is 0. The molecule has 0 saturated carbocycles. The second kappa shape index (κ2) is 1.36. The largest absolute Gasteiger partial charge is 0.172 e. The lowest BCUT2D eigenvalue weighted by Crippen LogP contribution is -2.08. The monoisotopic (exact) mass is 161 g/mol. The van der Waals surface area contributed by atoms with Crippen molar-refractivity contribution >= 4 is 22.1 Å². The average Bonchev–Trinajstić information content (AvgIpc) is 1.84. The summed E-state index contributed by atoms with van der Waals surface area (Å²) in [6.45, 7) is 1.87. The van der Waals surface area contributed by atoms with Crippen LogP contribution in [0.1, 0.15) is 6.92 Å². The first-order chi connectivity index (χ1) is 3.21. The van der Waals surface area contributed by atoms with E-state index in [-0.39, 0.29) is 4.45 Å². The van der Waals surface area contributed by atoms with E-state index in [4.69, 9.17) is 0 Å². The van der Waals surface area contributed by atoms with Crippen molar-refractivity contribution in [2.45, 2.75) is 11.4 Å². The third kappa shape index (κ3) is 1.06. The molecular formula is C3H4BrN3. The molecule has 0 aromatic heterocycles. The third-order valence-electron chi connectivity index (χ3n) is 0.585. The summed E-state index contributed by atoms with van der Waals surface area (Å²) in [4.78, 5) is 0. The Morgan fingerprint density at radius 1 is 1.71 bits per heavy atom. The minimum atomic E-state index is -0.326. The summed E-state index contributed by atoms with van der Waals surface area (Å²) < 4.78 is -0.326. The van der Waals surface area contributed by atoms with Crippen molar-refractivity contribution in [3.8, 4) is 0 Å². The van der Waals surface area contributed by atoms with E-state index in [0.717, 1.165) is 0 Å². The number of hydrogen-bond acceptors (Lipinski definition) is 3. The summed E-state index contributed by atoms with van der Waals surface area (Å²) in [5, 5.41) is 10.6. The van der Waals surface area contributed by atoms with Gasteiger partial charge in [-0.15, -0.1) is 10.2 Å². The Labute approximate surface area is 49.6 Å². The van der Waals surface area contributed by atoms with Gasteiger partial charge in [-0.25, -0.2) is 0 Å². The van der Waals surface area contributed by atoms with E-state index >= 15 is 0 Å². The second-order valence-corrected chi connectivity index (χ2v) is 3.06. The van der Waals surface area contributed by atoms with Crippen LogP contribution in [0.5, 0.6) is 0 Å². The zero-order valence-corrected chi connectivity index (χ0v) is 5.38. The van der Waals surface area contributed by atoms with Gasteiger partial charge in [0.15, 0.2) is 4.45 Å². The van der Waals surface area contributed by atoms with Crippen molar-refractivity contribution in [1.82, 2.24) is 0 Å². The van der Waals surface area contributed by atoms with Crippen molar-refractivity contribution in [1.29, 1.82) is 0 Å². The highest BCUT2D eigenvalue weighted by Crippen LogP contribution is 2.19. The molecule has 0 amide bonds. The standard InChI is InChI=1S/C3H4BrN3/c1-3(4)2-5-7-6-3/h2H,1H3. The zero-order valence-electron chi connectivity index (χ0n) is 3.80. The van der Waals surface area contributed by atoms with E-state index in [0.29, 0.717) is 0 Å². The summed E-state index contributed by atoms with van der Waals surface area (Å²) in [5.41, 5.74) is 0. The van der Waals surface area contributed by atoms with Crippen LogP contribution in [0.2, 0.25) is 0 Å². The minimum absolute atomic E-state index is 0.326. The fourth-order valence-corrected chi connectivity index (χ4v) is 0.433. The predicted octanol–water partition coefficient (Wildman–Crippen LogP) is 1.55. The molecule has 1 heterocycles. The molecule has 1 aliphatic heterocycles. The van der Waals surface area contributed by atoms with E-state index < -0.39 is 0 Å². The molecule has 4 heteroatoms. The maximum absolute atomic E-state index is 3.69. The van der Waals surface area contributed by atoms with E-state index in [9.17, 15) is 0 Å². The quantitative estimate of drug-likeness (QED) is 0.382. The molecule has 1 atom stereocenters. The van der Waals surface area contributed by atoms with Crippen LogP contribution in [0.15, 0.2) is 15.4 Å². The molecule has 1 rings (SSSR count). The lowest BCUT2D eigenvalue weighted by atomic mass is 10.4. The summed E-state index contributed by atoms with van der Waals surface area (Å²) in [7, 11) is 0. The number of halogens is 1. The second-order valence-electron chi connectivity index (χ2n) is 1.46. The predicted molar refractivity (Wildman–Crippen MR) is 30.7 cm³/mol. The van der Waals surface area contributed by atoms with Gasteiger partial charge >= 0.3 is 0 Å². The van der Waals surface area contributed by atoms with Crippen LogP contribution >= 0.6 is 15.9 Å². The molecule has 0 bridgehead atoms. The molecule has 0 spiro atoms. The molecule has 0 N–H and O–H groups in total. The topological polar surface area (TPSA) is 37.1 Å². The smallest absolute Gasteiger partial charge is 0.145 e. The number of nitrogens with zero attached hydrogens (tertiary/aromatic N) is 3. The van der Waals surface area contributed by atoms with Crippen molar-refractivity contribution in [2.24, 2.45) is 15.4 Å². The van der Waals surface area contributed by atoms with Gasteiger partial charge in [0.2, 0.25) is 0 Å². The van der Waals surface area contributed by atoms with Gasteiger partial charge in [-0.1, -0.05) is 15.9 Å². The maximum Gasteiger partial charge on any atom is 0.172 e. The highest BCUT2D eigenvalue weighted by Gasteiger charge is 2.18. The fourth-order valence-electron chi connectivity index (χ4n) is 0.270. The van der Waals surface area contributed by atoms with Crippen LogP contribution < -0.4 is 0 Å². The van der Waals surface area contributed by atoms with Crippen molar-refractivity contribution in [3.05, 3.63) is 0 Å². The number of hydrogen-bond donors (Lipinski definition) is 0. The van der Waals surface area contributed by atoms with Crippen LogP contribution in [0.4, 0.5) is 0 Å². The first-order valence-electron chi connectivity index (χ1n) is 1.86. The lowest BCUT2D eigenvalue weighted by molar-refractivity contribution is 0.876. The molecule has 0 aromatic carbocycles. The van der Waals surface area contributed by atoms with Gasteiger partial charge in [0, 0.05) is 0 Å². The first-order valence-corrected chi connectivity index (χ1v) is 2.65. The molecule has 0 fully saturated rings. The molecular weight excluding hydrogens is 158 g/mol. The molecule has 3 nitrogen and oxygen atoms in total. The highest BCUT2D eigenvalue weighted by molar-refractivity contribution is 9.10. The maximum atomic E-state index is 3.69. The Balaban J connectivity index is 2.77. The van der Waals surface area contributed by atoms with Crippen LogP contribution in [0.3, 0.4) is 0 Å². The molecule has 0 aromatic rings. The molecule has 0 saturated heterocycles. The molecule has 1 aliphatic rings. The Hall–Kier alpha value is -0.250. The Morgan fingerprint density at radius 3 is 2.57 bits per heavy atom. The Kier molecular flexibility index (Phi) is 0.955. The van der Waals surface area contributed by atoms with Gasteiger partial charge in [0.25, 0.3) is 0 Å². The molecule has 0 aliphatic carbocycles. The molecule has 7 heavy (non-hydrogen) atoms. The molecule has 1 unspecified atom stereocenters. The van der Waals surface area contributed by atoms with Crippen LogP contribution in [-0.4, -0.2) is 10.7 Å². The summed E-state index contributed by atoms with van der Waals surface area (Å²) >= 11 is 3.23.